The van der Waals surface area contributed by atoms with Crippen LogP contribution < -0.4 is 16.6 Å². The van der Waals surface area contributed by atoms with Gasteiger partial charge in [0.25, 0.3) is 17.4 Å². The van der Waals surface area contributed by atoms with E-state index in [1.807, 2.05) is 5.32 Å². The topological polar surface area (TPSA) is 77.1 Å². The first kappa shape index (κ1) is 13.3. The van der Waals surface area contributed by atoms with E-state index in [-0.39, 0.29) is 11.1 Å². The van der Waals surface area contributed by atoms with E-state index >= 15 is 0 Å². The number of amides is 1. The van der Waals surface area contributed by atoms with Crippen LogP contribution >= 0.6 is 0 Å². The van der Waals surface area contributed by atoms with Crippen LogP contribution in [-0.2, 0) is 7.05 Å². The lowest BCUT2D eigenvalue weighted by Crippen LogP contribution is -2.41. The highest BCUT2D eigenvalue weighted by atomic mass is 19.3. The molecular weight excluding hydrogens is 232 g/mol. The van der Waals surface area contributed by atoms with Gasteiger partial charge >= 0.3 is 0 Å². The number of pyridine rings is 1. The summed E-state index contributed by atoms with van der Waals surface area (Å²) in [5.41, 5.74) is 4.48. The van der Waals surface area contributed by atoms with Gasteiger partial charge in [-0.05, 0) is 6.07 Å². The number of hydrogen-bond acceptors (Lipinski definition) is 3. The first-order valence-electron chi connectivity index (χ1n) is 4.88. The Kier molecular flexibility index (Phi) is 3.95. The molecule has 0 aliphatic heterocycles. The second-order valence-corrected chi connectivity index (χ2v) is 3.61. The molecule has 0 bridgehead atoms. The predicted molar refractivity (Wildman–Crippen MR) is 58.0 cm³/mol. The average molecular weight is 245 g/mol. The van der Waals surface area contributed by atoms with Crippen molar-refractivity contribution in [3.8, 4) is 0 Å². The normalized spacial score (nSPS) is 11.3. The Morgan fingerprint density at radius 1 is 1.59 bits per heavy atom. The van der Waals surface area contributed by atoms with Crippen LogP contribution in [-0.4, -0.2) is 29.5 Å². The predicted octanol–water partition coefficient (Wildman–Crippen LogP) is -0.291. The van der Waals surface area contributed by atoms with E-state index in [0.717, 1.165) is 6.07 Å². The number of nitrogens with one attached hydrogen (secondary N) is 1. The maximum absolute atomic E-state index is 12.8. The molecule has 7 heteroatoms. The lowest BCUT2D eigenvalue weighted by atomic mass is 10.2. The maximum Gasteiger partial charge on any atom is 0.277 e. The van der Waals surface area contributed by atoms with Crippen molar-refractivity contribution in [3.05, 3.63) is 34.2 Å². The summed E-state index contributed by atoms with van der Waals surface area (Å²) in [6.45, 7) is -1.69. The third-order valence-corrected chi connectivity index (χ3v) is 2.17. The van der Waals surface area contributed by atoms with E-state index in [1.54, 1.807) is 0 Å². The first-order chi connectivity index (χ1) is 7.85. The summed E-state index contributed by atoms with van der Waals surface area (Å²) in [7, 11) is 1.52. The minimum absolute atomic E-state index is 0.0425. The second kappa shape index (κ2) is 5.05. The van der Waals surface area contributed by atoms with Gasteiger partial charge in [-0.1, -0.05) is 0 Å². The molecule has 0 aromatic carbocycles. The molecule has 1 amide bonds. The lowest BCUT2D eigenvalue weighted by molar-refractivity contribution is 0.0118. The largest absolute Gasteiger partial charge is 0.346 e. The molecule has 1 aromatic rings. The Labute approximate surface area is 96.2 Å². The lowest BCUT2D eigenvalue weighted by Gasteiger charge is -2.14. The fourth-order valence-electron chi connectivity index (χ4n) is 1.07. The molecule has 5 nitrogen and oxygen atoms in total. The number of carbonyl (C=O) groups excluding carboxylic acids is 1. The zero-order valence-corrected chi connectivity index (χ0v) is 9.24. The number of rotatable bonds is 4. The molecule has 1 heterocycles. The molecule has 0 aliphatic carbocycles. The zero-order chi connectivity index (χ0) is 13.1. The molecule has 0 fully saturated rings. The fraction of sp³-hybridized carbons (Fsp3) is 0.400. The fourth-order valence-corrected chi connectivity index (χ4v) is 1.07. The van der Waals surface area contributed by atoms with Gasteiger partial charge in [0.1, 0.15) is 0 Å². The van der Waals surface area contributed by atoms with Gasteiger partial charge in [-0.2, -0.15) is 0 Å². The van der Waals surface area contributed by atoms with E-state index < -0.39 is 24.9 Å². The van der Waals surface area contributed by atoms with Gasteiger partial charge in [0.15, 0.2) is 0 Å². The molecule has 94 valence electrons. The quantitative estimate of drug-likeness (QED) is 0.765. The summed E-state index contributed by atoms with van der Waals surface area (Å²) < 4.78 is 26.8. The van der Waals surface area contributed by atoms with Crippen LogP contribution in [0.25, 0.3) is 0 Å². The first-order valence-corrected chi connectivity index (χ1v) is 4.88. The minimum Gasteiger partial charge on any atom is -0.346 e. The number of nitrogens with two attached hydrogens (primary N) is 1. The molecule has 0 aliphatic rings. The third-order valence-electron chi connectivity index (χ3n) is 2.17. The van der Waals surface area contributed by atoms with Crippen LogP contribution in [0.1, 0.15) is 10.4 Å². The summed E-state index contributed by atoms with van der Waals surface area (Å²) in [6, 6.07) is 2.45. The Hall–Kier alpha value is -1.76. The second-order valence-electron chi connectivity index (χ2n) is 3.61. The average Bonchev–Trinajstić information content (AvgIpc) is 2.30. The van der Waals surface area contributed by atoms with Crippen LogP contribution in [0.4, 0.5) is 8.78 Å². The van der Waals surface area contributed by atoms with E-state index in [4.69, 9.17) is 5.73 Å². The Balaban J connectivity index is 2.71. The van der Waals surface area contributed by atoms with Gasteiger partial charge in [0, 0.05) is 24.9 Å². The summed E-state index contributed by atoms with van der Waals surface area (Å²) in [5.74, 6) is -3.87. The molecule has 0 atom stereocenters. The van der Waals surface area contributed by atoms with Crippen molar-refractivity contribution >= 4 is 5.91 Å². The molecule has 1 aromatic heterocycles. The van der Waals surface area contributed by atoms with Crippen LogP contribution in [0.2, 0.25) is 0 Å². The number of nitrogens with zero attached hydrogens (tertiary/aromatic N) is 1. The standard InChI is InChI=1S/C10H13F2N3O2/c1-15-3-2-7(4-8(15)16)9(17)14-6-10(11,12)5-13/h2-4H,5-6,13H2,1H3,(H,14,17). The molecule has 0 unspecified atom stereocenters. The van der Waals surface area contributed by atoms with Gasteiger partial charge in [-0.3, -0.25) is 9.59 Å². The highest BCUT2D eigenvalue weighted by Crippen LogP contribution is 2.09. The van der Waals surface area contributed by atoms with Gasteiger partial charge in [-0.25, -0.2) is 8.78 Å². The van der Waals surface area contributed by atoms with Crippen LogP contribution in [0.15, 0.2) is 23.1 Å². The molecule has 0 saturated carbocycles. The van der Waals surface area contributed by atoms with Crippen molar-refractivity contribution in [3.63, 3.8) is 0 Å². The van der Waals surface area contributed by atoms with Crippen LogP contribution in [0.5, 0.6) is 0 Å². The van der Waals surface area contributed by atoms with E-state index in [0.29, 0.717) is 0 Å². The highest BCUT2D eigenvalue weighted by Gasteiger charge is 2.27. The molecule has 3 N–H and O–H groups in total. The monoisotopic (exact) mass is 245 g/mol. The number of aromatic nitrogens is 1. The molecular formula is C10H13F2N3O2. The molecule has 0 radical (unpaired) electrons. The summed E-state index contributed by atoms with van der Waals surface area (Å²) in [6.07, 6.45) is 1.39. The highest BCUT2D eigenvalue weighted by molar-refractivity contribution is 5.93. The van der Waals surface area contributed by atoms with E-state index in [2.05, 4.69) is 0 Å². The van der Waals surface area contributed by atoms with Crippen molar-refractivity contribution in [2.24, 2.45) is 12.8 Å². The van der Waals surface area contributed by atoms with Crippen LogP contribution in [0.3, 0.4) is 0 Å². The molecule has 0 saturated heterocycles. The number of carbonyl (C=O) groups is 1. The number of aryl methyl sites for hydroxylation is 1. The Morgan fingerprint density at radius 2 is 2.24 bits per heavy atom. The van der Waals surface area contributed by atoms with Crippen molar-refractivity contribution < 1.29 is 13.6 Å². The smallest absolute Gasteiger partial charge is 0.277 e. The molecule has 1 rings (SSSR count). The summed E-state index contributed by atoms with van der Waals surface area (Å²) in [4.78, 5) is 22.7. The third kappa shape index (κ3) is 3.63. The van der Waals surface area contributed by atoms with Crippen molar-refractivity contribution in [1.29, 1.82) is 0 Å². The zero-order valence-electron chi connectivity index (χ0n) is 9.24. The van der Waals surface area contributed by atoms with Crippen molar-refractivity contribution in [1.82, 2.24) is 9.88 Å². The van der Waals surface area contributed by atoms with Crippen molar-refractivity contribution in [2.75, 3.05) is 13.1 Å². The maximum atomic E-state index is 12.8. The number of hydrogen-bond donors (Lipinski definition) is 2. The minimum atomic E-state index is -3.14. The Morgan fingerprint density at radius 3 is 2.76 bits per heavy atom. The van der Waals surface area contributed by atoms with E-state index in [1.165, 1.54) is 23.9 Å². The van der Waals surface area contributed by atoms with Crippen LogP contribution in [0, 0.1) is 0 Å². The Bertz CT molecular complexity index is 471. The number of alkyl halides is 2. The summed E-state index contributed by atoms with van der Waals surface area (Å²) >= 11 is 0. The van der Waals surface area contributed by atoms with Gasteiger partial charge in [0.05, 0.1) is 13.1 Å². The van der Waals surface area contributed by atoms with Gasteiger partial charge < -0.3 is 15.6 Å². The van der Waals surface area contributed by atoms with Crippen molar-refractivity contribution in [2.45, 2.75) is 5.92 Å². The summed E-state index contributed by atoms with van der Waals surface area (Å²) in [5, 5.41) is 2.02. The van der Waals surface area contributed by atoms with E-state index in [9.17, 15) is 18.4 Å². The molecule has 0 spiro atoms. The molecule has 17 heavy (non-hydrogen) atoms. The van der Waals surface area contributed by atoms with Gasteiger partial charge in [-0.15, -0.1) is 0 Å². The van der Waals surface area contributed by atoms with Gasteiger partial charge in [0.2, 0.25) is 0 Å². The SMILES string of the molecule is Cn1ccc(C(=O)NCC(F)(F)CN)cc1=O. The number of halogens is 2.